The van der Waals surface area contributed by atoms with E-state index in [9.17, 15) is 9.59 Å². The molecule has 0 aromatic heterocycles. The highest BCUT2D eigenvalue weighted by Gasteiger charge is 2.40. The van der Waals surface area contributed by atoms with Gasteiger partial charge >= 0.3 is 0 Å². The Labute approximate surface area is 301 Å². The summed E-state index contributed by atoms with van der Waals surface area (Å²) in [5.41, 5.74) is 3.80. The van der Waals surface area contributed by atoms with Crippen LogP contribution in [0.5, 0.6) is 11.5 Å². The lowest BCUT2D eigenvalue weighted by atomic mass is 9.94. The third-order valence-electron chi connectivity index (χ3n) is 8.38. The molecule has 1 aliphatic heterocycles. The fraction of sp³-hybridized carbons (Fsp3) is 0.366. The zero-order valence-corrected chi connectivity index (χ0v) is 30.2. The molecule has 1 heterocycles. The number of benzene rings is 4. The first kappa shape index (κ1) is 36.9. The SMILES string of the molecule is COc1c(OCCCNCCCc2ccccc2)cccc1[C@@H]1O[C@@H](CC(=O)Nc2ccccc2)C(=O)N(CC(C)(C)C)c2ccc(Cl)cc21. The Hall–Kier alpha value is -4.37. The van der Waals surface area contributed by atoms with Gasteiger partial charge in [0.15, 0.2) is 11.5 Å². The third kappa shape index (κ3) is 10.1. The van der Waals surface area contributed by atoms with Crippen LogP contribution in [0.4, 0.5) is 11.4 Å². The van der Waals surface area contributed by atoms with Gasteiger partial charge in [0.2, 0.25) is 5.91 Å². The molecule has 4 aromatic carbocycles. The van der Waals surface area contributed by atoms with Crippen molar-refractivity contribution in [3.05, 3.63) is 119 Å². The summed E-state index contributed by atoms with van der Waals surface area (Å²) in [5, 5.41) is 6.91. The van der Waals surface area contributed by atoms with Gasteiger partial charge in [-0.05, 0) is 79.7 Å². The van der Waals surface area contributed by atoms with E-state index in [1.807, 2.05) is 54.6 Å². The van der Waals surface area contributed by atoms with E-state index in [4.69, 9.17) is 25.8 Å². The molecule has 2 amide bonds. The van der Waals surface area contributed by atoms with Gasteiger partial charge in [-0.3, -0.25) is 9.59 Å². The molecule has 1 aliphatic rings. The van der Waals surface area contributed by atoms with Gasteiger partial charge in [-0.15, -0.1) is 0 Å². The van der Waals surface area contributed by atoms with Crippen molar-refractivity contribution in [1.29, 1.82) is 0 Å². The number of rotatable bonds is 15. The van der Waals surface area contributed by atoms with E-state index in [2.05, 4.69) is 55.7 Å². The molecule has 0 radical (unpaired) electrons. The van der Waals surface area contributed by atoms with Gasteiger partial charge in [0.05, 0.1) is 20.1 Å². The Balaban J connectivity index is 1.36. The van der Waals surface area contributed by atoms with Crippen molar-refractivity contribution >= 4 is 34.8 Å². The van der Waals surface area contributed by atoms with Crippen LogP contribution >= 0.6 is 11.6 Å². The summed E-state index contributed by atoms with van der Waals surface area (Å²) in [6, 6.07) is 30.8. The van der Waals surface area contributed by atoms with Gasteiger partial charge in [-0.2, -0.15) is 0 Å². The first-order valence-electron chi connectivity index (χ1n) is 17.3. The minimum atomic E-state index is -1.08. The monoisotopic (exact) mass is 697 g/mol. The van der Waals surface area contributed by atoms with E-state index in [1.54, 1.807) is 30.2 Å². The van der Waals surface area contributed by atoms with Crippen molar-refractivity contribution in [2.45, 2.75) is 58.7 Å². The minimum absolute atomic E-state index is 0.177. The van der Waals surface area contributed by atoms with E-state index in [0.29, 0.717) is 52.2 Å². The maximum Gasteiger partial charge on any atom is 0.256 e. The molecule has 4 aromatic rings. The maximum atomic E-state index is 14.3. The molecule has 50 heavy (non-hydrogen) atoms. The first-order chi connectivity index (χ1) is 24.1. The molecule has 9 heteroatoms. The van der Waals surface area contributed by atoms with Crippen molar-refractivity contribution in [2.75, 3.05) is 43.6 Å². The number of hydrogen-bond acceptors (Lipinski definition) is 6. The number of nitrogens with zero attached hydrogens (tertiary/aromatic N) is 1. The zero-order valence-electron chi connectivity index (χ0n) is 29.4. The molecule has 0 fully saturated rings. The van der Waals surface area contributed by atoms with Crippen LogP contribution in [0.3, 0.4) is 0 Å². The number of halogens is 1. The molecule has 5 rings (SSSR count). The average molecular weight is 698 g/mol. The molecule has 2 atom stereocenters. The number of hydrogen-bond donors (Lipinski definition) is 2. The summed E-state index contributed by atoms with van der Waals surface area (Å²) in [6.07, 6.45) is 0.883. The minimum Gasteiger partial charge on any atom is -0.492 e. The van der Waals surface area contributed by atoms with Crippen molar-refractivity contribution in [1.82, 2.24) is 5.32 Å². The predicted molar refractivity (Wildman–Crippen MR) is 200 cm³/mol. The van der Waals surface area contributed by atoms with Crippen LogP contribution in [-0.4, -0.2) is 51.3 Å². The van der Waals surface area contributed by atoms with Crippen molar-refractivity contribution in [3.63, 3.8) is 0 Å². The Morgan fingerprint density at radius 2 is 1.62 bits per heavy atom. The standard InChI is InChI=1S/C41H48ClN3O5/c1-41(2,3)28-45-34-22-21-30(42)26-33(34)38(50-36(40(45)47)27-37(46)44-31-17-9-6-10-18-31)32-19-11-20-35(39(32)48-4)49-25-13-24-43-23-12-16-29-14-7-5-8-15-29/h5-11,14-15,17-22,26,36,38,43H,12-13,16,23-25,27-28H2,1-4H3,(H,44,46)/t36-,38-/m0/s1. The highest BCUT2D eigenvalue weighted by Crippen LogP contribution is 2.45. The van der Waals surface area contributed by atoms with E-state index in [1.165, 1.54) is 5.56 Å². The molecule has 0 aliphatic carbocycles. The molecule has 0 saturated heterocycles. The van der Waals surface area contributed by atoms with E-state index in [0.717, 1.165) is 32.4 Å². The number of nitrogens with one attached hydrogen (secondary N) is 2. The Bertz CT molecular complexity index is 1710. The summed E-state index contributed by atoms with van der Waals surface area (Å²) in [7, 11) is 1.59. The van der Waals surface area contributed by atoms with Crippen molar-refractivity contribution < 1.29 is 23.8 Å². The fourth-order valence-corrected chi connectivity index (χ4v) is 6.30. The van der Waals surface area contributed by atoms with Crippen LogP contribution in [0.1, 0.15) is 62.8 Å². The summed E-state index contributed by atoms with van der Waals surface area (Å²) < 4.78 is 18.9. The number of methoxy groups -OCH3 is 1. The number of carbonyl (C=O) groups excluding carboxylic acids is 2. The molecular weight excluding hydrogens is 650 g/mol. The second-order valence-corrected chi connectivity index (χ2v) is 14.2. The quantitative estimate of drug-likeness (QED) is 0.122. The second kappa shape index (κ2) is 17.5. The van der Waals surface area contributed by atoms with Crippen molar-refractivity contribution in [3.8, 4) is 11.5 Å². The van der Waals surface area contributed by atoms with Crippen LogP contribution in [0.25, 0.3) is 0 Å². The third-order valence-corrected chi connectivity index (χ3v) is 8.61. The Morgan fingerprint density at radius 3 is 2.34 bits per heavy atom. The van der Waals surface area contributed by atoms with Crippen LogP contribution in [-0.2, 0) is 20.7 Å². The molecular formula is C41H48ClN3O5. The molecule has 0 bridgehead atoms. The van der Waals surface area contributed by atoms with E-state index >= 15 is 0 Å². The van der Waals surface area contributed by atoms with Gasteiger partial charge in [-0.1, -0.05) is 93.0 Å². The lowest BCUT2D eigenvalue weighted by Gasteiger charge is -2.31. The predicted octanol–water partition coefficient (Wildman–Crippen LogP) is 8.24. The number of carbonyl (C=O) groups is 2. The first-order valence-corrected chi connectivity index (χ1v) is 17.7. The summed E-state index contributed by atoms with van der Waals surface area (Å²) in [4.78, 5) is 29.4. The van der Waals surface area contributed by atoms with Gasteiger partial charge in [-0.25, -0.2) is 0 Å². The lowest BCUT2D eigenvalue weighted by Crippen LogP contribution is -2.44. The number of fused-ring (bicyclic) bond motifs is 1. The van der Waals surface area contributed by atoms with Crippen LogP contribution in [0.2, 0.25) is 5.02 Å². The lowest BCUT2D eigenvalue weighted by molar-refractivity contribution is -0.136. The molecule has 0 saturated carbocycles. The number of anilines is 2. The van der Waals surface area contributed by atoms with Crippen LogP contribution < -0.4 is 25.0 Å². The van der Waals surface area contributed by atoms with Crippen LogP contribution in [0, 0.1) is 5.41 Å². The summed E-state index contributed by atoms with van der Waals surface area (Å²) in [6.45, 7) is 8.87. The molecule has 0 unspecified atom stereocenters. The van der Waals surface area contributed by atoms with Gasteiger partial charge in [0, 0.05) is 34.1 Å². The fourth-order valence-electron chi connectivity index (χ4n) is 6.12. The number of amides is 2. The molecule has 2 N–H and O–H groups in total. The largest absolute Gasteiger partial charge is 0.492 e. The average Bonchev–Trinajstić information content (AvgIpc) is 3.19. The Kier molecular flexibility index (Phi) is 12.9. The Morgan fingerprint density at radius 1 is 0.900 bits per heavy atom. The normalized spacial score (nSPS) is 16.0. The summed E-state index contributed by atoms with van der Waals surface area (Å²) in [5.74, 6) is 0.452. The number of para-hydroxylation sites is 2. The van der Waals surface area contributed by atoms with Crippen molar-refractivity contribution in [2.24, 2.45) is 5.41 Å². The zero-order chi connectivity index (χ0) is 35.5. The van der Waals surface area contributed by atoms with Gasteiger partial charge < -0.3 is 29.7 Å². The van der Waals surface area contributed by atoms with Gasteiger partial charge in [0.25, 0.3) is 5.91 Å². The topological polar surface area (TPSA) is 89.1 Å². The highest BCUT2D eigenvalue weighted by atomic mass is 35.5. The van der Waals surface area contributed by atoms with Gasteiger partial charge in [0.1, 0.15) is 12.2 Å². The molecule has 0 spiro atoms. The maximum absolute atomic E-state index is 14.3. The summed E-state index contributed by atoms with van der Waals surface area (Å²) >= 11 is 6.59. The number of ether oxygens (including phenoxy) is 3. The smallest absolute Gasteiger partial charge is 0.256 e. The highest BCUT2D eigenvalue weighted by molar-refractivity contribution is 6.30. The molecule has 8 nitrogen and oxygen atoms in total. The molecule has 264 valence electrons. The van der Waals surface area contributed by atoms with E-state index < -0.39 is 12.2 Å². The van der Waals surface area contributed by atoms with E-state index in [-0.39, 0.29) is 23.7 Å². The van der Waals surface area contributed by atoms with Crippen LogP contribution in [0.15, 0.2) is 97.1 Å². The second-order valence-electron chi connectivity index (χ2n) is 13.7. The number of aryl methyl sites for hydroxylation is 1.